The Morgan fingerprint density at radius 2 is 1.80 bits per heavy atom. The molecule has 5 nitrogen and oxygen atoms in total. The maximum absolute atomic E-state index is 12.4. The topological polar surface area (TPSA) is 76.7 Å². The molecule has 0 amide bonds. The van der Waals surface area contributed by atoms with Gasteiger partial charge in [0.05, 0.1) is 0 Å². The molecule has 2 rings (SSSR count). The molecular formula is C18H16F2O5. The molecule has 0 aliphatic heterocycles. The molecule has 0 atom stereocenters. The first-order valence-corrected chi connectivity index (χ1v) is 7.31. The van der Waals surface area contributed by atoms with Crippen molar-refractivity contribution in [2.75, 3.05) is 0 Å². The number of alkyl halides is 2. The molecular weight excluding hydrogens is 334 g/mol. The third-order valence-corrected chi connectivity index (χ3v) is 3.42. The van der Waals surface area contributed by atoms with Crippen LogP contribution in [0.1, 0.15) is 32.8 Å². The number of hydrogen-bond donors (Lipinski definition) is 1. The Kier molecular flexibility index (Phi) is 5.36. The van der Waals surface area contributed by atoms with Gasteiger partial charge >= 0.3 is 12.2 Å². The Hall–Kier alpha value is -2.96. The molecule has 1 aromatic heterocycles. The second-order valence-electron chi connectivity index (χ2n) is 5.46. The average molecular weight is 350 g/mol. The van der Waals surface area contributed by atoms with Crippen molar-refractivity contribution in [1.82, 2.24) is 0 Å². The van der Waals surface area contributed by atoms with Gasteiger partial charge in [0.2, 0.25) is 0 Å². The van der Waals surface area contributed by atoms with E-state index in [0.29, 0.717) is 16.7 Å². The molecule has 1 N–H and O–H groups in total. The number of benzene rings is 1. The summed E-state index contributed by atoms with van der Waals surface area (Å²) in [4.78, 5) is 23.8. The van der Waals surface area contributed by atoms with Crippen molar-refractivity contribution < 1.29 is 27.8 Å². The van der Waals surface area contributed by atoms with E-state index in [0.717, 1.165) is 6.08 Å². The summed E-state index contributed by atoms with van der Waals surface area (Å²) in [6, 6.07) is 4.30. The van der Waals surface area contributed by atoms with Gasteiger partial charge in [-0.2, -0.15) is 8.78 Å². The number of aromatic hydroxyl groups is 1. The summed E-state index contributed by atoms with van der Waals surface area (Å²) in [5.74, 6) is -0.926. The van der Waals surface area contributed by atoms with Gasteiger partial charge < -0.3 is 14.3 Å². The minimum Gasteiger partial charge on any atom is -0.507 e. The van der Waals surface area contributed by atoms with Crippen LogP contribution in [-0.4, -0.2) is 17.5 Å². The maximum Gasteiger partial charge on any atom is 0.387 e. The summed E-state index contributed by atoms with van der Waals surface area (Å²) in [6.07, 6.45) is 2.51. The van der Waals surface area contributed by atoms with Gasteiger partial charge in [-0.1, -0.05) is 6.08 Å². The standard InChI is InChI=1S/C18H16F2O5/c1-9-6-12(7-10(2)16(9)25-18(19)20)4-5-13(21)15-14(22)8-11(3)24-17(15)23/h4-8,18,22H,1-3H3/b5-4+. The van der Waals surface area contributed by atoms with Crippen LogP contribution in [0.2, 0.25) is 0 Å². The van der Waals surface area contributed by atoms with Crippen LogP contribution in [-0.2, 0) is 0 Å². The maximum atomic E-state index is 12.4. The van der Waals surface area contributed by atoms with E-state index in [9.17, 15) is 23.5 Å². The Bertz CT molecular complexity index is 874. The van der Waals surface area contributed by atoms with Crippen molar-refractivity contribution in [3.05, 3.63) is 62.7 Å². The number of carbonyl (C=O) groups is 1. The number of rotatable bonds is 5. The second-order valence-corrected chi connectivity index (χ2v) is 5.46. The molecule has 0 radical (unpaired) electrons. The zero-order valence-electron chi connectivity index (χ0n) is 13.8. The lowest BCUT2D eigenvalue weighted by Gasteiger charge is -2.12. The molecule has 0 aliphatic carbocycles. The predicted molar refractivity (Wildman–Crippen MR) is 87.3 cm³/mol. The first kappa shape index (κ1) is 18.4. The monoisotopic (exact) mass is 350 g/mol. The third kappa shape index (κ3) is 4.32. The van der Waals surface area contributed by atoms with Gasteiger partial charge in [0.25, 0.3) is 0 Å². The predicted octanol–water partition coefficient (Wildman–Crippen LogP) is 3.77. The van der Waals surface area contributed by atoms with Gasteiger partial charge in [0, 0.05) is 6.07 Å². The molecule has 1 aromatic carbocycles. The first-order valence-electron chi connectivity index (χ1n) is 7.31. The summed E-state index contributed by atoms with van der Waals surface area (Å²) in [5.41, 5.74) is 0.115. The third-order valence-electron chi connectivity index (χ3n) is 3.42. The van der Waals surface area contributed by atoms with E-state index in [2.05, 4.69) is 4.74 Å². The van der Waals surface area contributed by atoms with Crippen LogP contribution in [0, 0.1) is 20.8 Å². The van der Waals surface area contributed by atoms with Crippen LogP contribution < -0.4 is 10.4 Å². The molecule has 1 heterocycles. The zero-order chi connectivity index (χ0) is 18.7. The van der Waals surface area contributed by atoms with E-state index in [-0.39, 0.29) is 11.5 Å². The van der Waals surface area contributed by atoms with Crippen LogP contribution in [0.25, 0.3) is 6.08 Å². The number of allylic oxidation sites excluding steroid dienone is 1. The van der Waals surface area contributed by atoms with Crippen molar-refractivity contribution in [3.63, 3.8) is 0 Å². The van der Waals surface area contributed by atoms with E-state index < -0.39 is 29.3 Å². The number of halogens is 2. The molecule has 2 aromatic rings. The molecule has 25 heavy (non-hydrogen) atoms. The van der Waals surface area contributed by atoms with Gasteiger partial charge in [-0.3, -0.25) is 4.79 Å². The fraction of sp³-hybridized carbons (Fsp3) is 0.222. The molecule has 0 spiro atoms. The molecule has 7 heteroatoms. The molecule has 0 bridgehead atoms. The van der Waals surface area contributed by atoms with Crippen molar-refractivity contribution >= 4 is 11.9 Å². The SMILES string of the molecule is Cc1cc(O)c(C(=O)/C=C/c2cc(C)c(OC(F)F)c(C)c2)c(=O)o1. The van der Waals surface area contributed by atoms with Crippen molar-refractivity contribution in [1.29, 1.82) is 0 Å². The fourth-order valence-corrected chi connectivity index (χ4v) is 2.43. The highest BCUT2D eigenvalue weighted by molar-refractivity contribution is 6.08. The molecule has 0 fully saturated rings. The lowest BCUT2D eigenvalue weighted by atomic mass is 10.0. The van der Waals surface area contributed by atoms with Crippen LogP contribution in [0.4, 0.5) is 8.78 Å². The van der Waals surface area contributed by atoms with E-state index in [1.54, 1.807) is 26.0 Å². The van der Waals surface area contributed by atoms with Crippen molar-refractivity contribution in [2.24, 2.45) is 0 Å². The zero-order valence-corrected chi connectivity index (χ0v) is 13.8. The lowest BCUT2D eigenvalue weighted by Crippen LogP contribution is -2.13. The summed E-state index contributed by atoms with van der Waals surface area (Å²) in [7, 11) is 0. The van der Waals surface area contributed by atoms with Gasteiger partial charge in [0.1, 0.15) is 22.8 Å². The average Bonchev–Trinajstić information content (AvgIpc) is 2.47. The Morgan fingerprint density at radius 3 is 2.32 bits per heavy atom. The molecule has 0 aliphatic rings. The fourth-order valence-electron chi connectivity index (χ4n) is 2.43. The number of aryl methyl sites for hydroxylation is 3. The van der Waals surface area contributed by atoms with Gasteiger partial charge in [-0.05, 0) is 55.7 Å². The highest BCUT2D eigenvalue weighted by atomic mass is 19.3. The minimum atomic E-state index is -2.93. The summed E-state index contributed by atoms with van der Waals surface area (Å²) in [6.45, 7) is 1.75. The number of ether oxygens (including phenoxy) is 1. The molecule has 0 saturated carbocycles. The van der Waals surface area contributed by atoms with Crippen LogP contribution >= 0.6 is 0 Å². The van der Waals surface area contributed by atoms with Crippen LogP contribution in [0.15, 0.2) is 33.5 Å². The van der Waals surface area contributed by atoms with Gasteiger partial charge in [0.15, 0.2) is 5.78 Å². The second kappa shape index (κ2) is 7.29. The summed E-state index contributed by atoms with van der Waals surface area (Å²) >= 11 is 0. The largest absolute Gasteiger partial charge is 0.507 e. The molecule has 132 valence electrons. The van der Waals surface area contributed by atoms with Gasteiger partial charge in [-0.15, -0.1) is 0 Å². The Morgan fingerprint density at radius 1 is 1.20 bits per heavy atom. The number of hydrogen-bond acceptors (Lipinski definition) is 5. The number of ketones is 1. The smallest absolute Gasteiger partial charge is 0.387 e. The normalized spacial score (nSPS) is 11.3. The van der Waals surface area contributed by atoms with E-state index >= 15 is 0 Å². The quantitative estimate of drug-likeness (QED) is 0.656. The summed E-state index contributed by atoms with van der Waals surface area (Å²) < 4.78 is 34.0. The first-order chi connectivity index (χ1) is 11.7. The van der Waals surface area contributed by atoms with E-state index in [1.807, 2.05) is 0 Å². The van der Waals surface area contributed by atoms with Gasteiger partial charge in [-0.25, -0.2) is 4.79 Å². The van der Waals surface area contributed by atoms with Crippen LogP contribution in [0.3, 0.4) is 0 Å². The molecule has 0 saturated heterocycles. The highest BCUT2D eigenvalue weighted by Gasteiger charge is 2.16. The Labute approximate surface area is 142 Å². The lowest BCUT2D eigenvalue weighted by molar-refractivity contribution is -0.0507. The van der Waals surface area contributed by atoms with Crippen molar-refractivity contribution in [2.45, 2.75) is 27.4 Å². The van der Waals surface area contributed by atoms with E-state index in [4.69, 9.17) is 4.42 Å². The van der Waals surface area contributed by atoms with Crippen molar-refractivity contribution in [3.8, 4) is 11.5 Å². The summed E-state index contributed by atoms with van der Waals surface area (Å²) in [5, 5.41) is 9.75. The van der Waals surface area contributed by atoms with Crippen LogP contribution in [0.5, 0.6) is 11.5 Å². The molecule has 0 unspecified atom stereocenters. The van der Waals surface area contributed by atoms with E-state index in [1.165, 1.54) is 19.1 Å². The number of carbonyl (C=O) groups excluding carboxylic acids is 1. The Balaban J connectivity index is 2.31. The highest BCUT2D eigenvalue weighted by Crippen LogP contribution is 2.27. The minimum absolute atomic E-state index is 0.0790.